The molecule has 5 aromatic rings. The van der Waals surface area contributed by atoms with Crippen molar-refractivity contribution in [2.45, 2.75) is 126 Å². The van der Waals surface area contributed by atoms with Gasteiger partial charge in [0.25, 0.3) is 5.56 Å². The second-order valence-corrected chi connectivity index (χ2v) is 22.6. The van der Waals surface area contributed by atoms with E-state index < -0.39 is 94.3 Å². The van der Waals surface area contributed by atoms with E-state index in [2.05, 4.69) is 21.9 Å². The van der Waals surface area contributed by atoms with Crippen molar-refractivity contribution in [3.05, 3.63) is 105 Å². The Morgan fingerprint density at radius 2 is 1.44 bits per heavy atom. The Morgan fingerprint density at radius 3 is 2.11 bits per heavy atom. The minimum absolute atomic E-state index is 0.0103. The number of esters is 1. The highest BCUT2D eigenvalue weighted by Gasteiger charge is 2.55. The Labute approximate surface area is 409 Å². The molecule has 3 aromatic heterocycles. The summed E-state index contributed by atoms with van der Waals surface area (Å²) in [6.45, 7) is -3.60. The van der Waals surface area contributed by atoms with Crippen molar-refractivity contribution in [1.82, 2.24) is 29.1 Å². The summed E-state index contributed by atoms with van der Waals surface area (Å²) < 4.78 is 109. The molecule has 2 aromatic carbocycles. The Hall–Kier alpha value is -4.87. The van der Waals surface area contributed by atoms with E-state index in [4.69, 9.17) is 42.8 Å². The molecule has 21 nitrogen and oxygen atoms in total. The molecule has 0 aliphatic carbocycles. The van der Waals surface area contributed by atoms with Crippen molar-refractivity contribution in [2.24, 2.45) is 0 Å². The van der Waals surface area contributed by atoms with Crippen LogP contribution in [0, 0.1) is 0 Å². The van der Waals surface area contributed by atoms with Crippen LogP contribution in [0.2, 0.25) is 0 Å². The van der Waals surface area contributed by atoms with Crippen LogP contribution in [0.1, 0.15) is 99.5 Å². The molecular formula is C45H55F2N7O14P2S. The van der Waals surface area contributed by atoms with Crippen LogP contribution in [-0.2, 0) is 42.5 Å². The summed E-state index contributed by atoms with van der Waals surface area (Å²) in [5.74, 6) is 0.117. The number of nitrogen functional groups attached to an aromatic ring is 1. The number of rotatable bonds is 19. The summed E-state index contributed by atoms with van der Waals surface area (Å²) in [6.07, 6.45) is 0.481. The second kappa shape index (κ2) is 23.8. The lowest BCUT2D eigenvalue weighted by atomic mass is 10.1. The fraction of sp³-hybridized carbons (Fsp3) is 0.511. The van der Waals surface area contributed by atoms with Gasteiger partial charge in [-0.05, 0) is 59.8 Å². The molecule has 3 fully saturated rings. The summed E-state index contributed by atoms with van der Waals surface area (Å²) in [4.78, 5) is 62.4. The number of anilines is 1. The number of imidazole rings is 1. The van der Waals surface area contributed by atoms with E-state index in [1.807, 2.05) is 4.98 Å². The SMILES string of the molecule is CCCCCCCCCCCCOc1ccc(C(=O)Oc2ccc(CSP3(=O)OC[C@H]4O[C@@H](n5ccc(=O)[nH]c5=O)[C@H](F)[C@@H]4OP(=O)(O)OC[C@H]4O[C@@H](n5cnc6c(N)ncnc65)[C@H](F)[C@@H]4O3)cc2)cc1. The maximum atomic E-state index is 16.8. The van der Waals surface area contributed by atoms with Gasteiger partial charge in [-0.15, -0.1) is 0 Å². The van der Waals surface area contributed by atoms with Crippen LogP contribution in [0.25, 0.3) is 11.2 Å². The largest absolute Gasteiger partial charge is 0.494 e. The third-order valence-corrected chi connectivity index (χ3v) is 16.6. The van der Waals surface area contributed by atoms with Gasteiger partial charge in [-0.2, -0.15) is 0 Å². The fourth-order valence-electron chi connectivity index (χ4n) is 8.24. The van der Waals surface area contributed by atoms with Crippen LogP contribution in [0.5, 0.6) is 11.5 Å². The van der Waals surface area contributed by atoms with E-state index >= 15 is 8.78 Å². The number of aromatic nitrogens is 6. The molecule has 0 saturated carbocycles. The molecule has 0 amide bonds. The average Bonchev–Trinajstić information content (AvgIpc) is 4.01. The van der Waals surface area contributed by atoms with Crippen molar-refractivity contribution < 1.29 is 64.6 Å². The number of carbonyl (C=O) groups excluding carboxylic acids is 1. The number of halogens is 2. The summed E-state index contributed by atoms with van der Waals surface area (Å²) >= 11 is 0.608. The number of nitrogens with one attached hydrogen (secondary N) is 1. The zero-order valence-corrected chi connectivity index (χ0v) is 41.2. The van der Waals surface area contributed by atoms with Crippen molar-refractivity contribution in [1.29, 1.82) is 0 Å². The Kier molecular flexibility index (Phi) is 17.6. The van der Waals surface area contributed by atoms with E-state index in [0.29, 0.717) is 39.4 Å². The van der Waals surface area contributed by atoms with E-state index in [1.165, 1.54) is 74.4 Å². The maximum absolute atomic E-state index is 16.8. The van der Waals surface area contributed by atoms with Gasteiger partial charge in [-0.25, -0.2) is 42.5 Å². The molecule has 3 aliphatic rings. The molecule has 8 rings (SSSR count). The van der Waals surface area contributed by atoms with Gasteiger partial charge in [0.15, 0.2) is 36.3 Å². The molecular weight excluding hydrogens is 995 g/mol. The van der Waals surface area contributed by atoms with Gasteiger partial charge in [0.1, 0.15) is 47.8 Å². The number of benzene rings is 2. The van der Waals surface area contributed by atoms with Crippen LogP contribution in [0.4, 0.5) is 14.6 Å². The van der Waals surface area contributed by atoms with Crippen molar-refractivity contribution in [3.8, 4) is 11.5 Å². The number of carbonyl (C=O) groups is 1. The van der Waals surface area contributed by atoms with Gasteiger partial charge in [0, 0.05) is 18.0 Å². The Morgan fingerprint density at radius 1 is 0.817 bits per heavy atom. The first-order chi connectivity index (χ1) is 34.2. The standard InChI is InChI=1S/C45H55F2N7O14P2S/c1-2-3-4-5-6-7-8-9-10-11-22-61-30-18-14-29(15-19-30)44(56)64-31-16-12-28(13-17-31)25-71-70(60)63-24-33-38(35(46)42(65-33)53-21-20-34(55)52-45(53)57)67-69(58,59)62-23-32-39(68-70)36(47)43(66-32)54-27-51-37-40(48)49-26-50-41(37)54/h12-21,26-27,32-33,35-36,38-39,42-43H,2-11,22-25H2,1H3,(H,58,59)(H2,48,49,50)(H,52,55,57)/t32-,33-,35-,36-,38-,39-,42-,43-,70?/m1/s1. The lowest BCUT2D eigenvalue weighted by Crippen LogP contribution is -2.38. The monoisotopic (exact) mass is 1050 g/mol. The van der Waals surface area contributed by atoms with Crippen LogP contribution >= 0.6 is 26.0 Å². The van der Waals surface area contributed by atoms with Gasteiger partial charge in [-0.1, -0.05) is 76.8 Å². The van der Waals surface area contributed by atoms with Crippen LogP contribution in [-0.4, -0.2) is 96.5 Å². The van der Waals surface area contributed by atoms with Gasteiger partial charge in [0.05, 0.1) is 31.7 Å². The van der Waals surface area contributed by atoms with E-state index in [0.717, 1.165) is 31.4 Å². The van der Waals surface area contributed by atoms with E-state index in [-0.39, 0.29) is 28.5 Å². The predicted octanol–water partition coefficient (Wildman–Crippen LogP) is 7.91. The molecule has 26 heteroatoms. The van der Waals surface area contributed by atoms with Gasteiger partial charge in [-0.3, -0.25) is 37.0 Å². The maximum Gasteiger partial charge on any atom is 0.472 e. The summed E-state index contributed by atoms with van der Waals surface area (Å²) in [5, 5.41) is 0. The molecule has 3 saturated heterocycles. The zero-order chi connectivity index (χ0) is 50.1. The van der Waals surface area contributed by atoms with Crippen molar-refractivity contribution in [3.63, 3.8) is 0 Å². The number of H-pyrrole nitrogens is 1. The number of nitrogens with two attached hydrogens (primary N) is 1. The number of hydrogen-bond acceptors (Lipinski definition) is 18. The van der Waals surface area contributed by atoms with Gasteiger partial charge < -0.3 is 29.6 Å². The summed E-state index contributed by atoms with van der Waals surface area (Å²) in [7, 11) is -5.25. The van der Waals surface area contributed by atoms with Crippen LogP contribution < -0.4 is 26.5 Å². The molecule has 71 heavy (non-hydrogen) atoms. The highest BCUT2D eigenvalue weighted by atomic mass is 32.7. The number of fused-ring (bicyclic) bond motifs is 3. The Balaban J connectivity index is 0.929. The lowest BCUT2D eigenvalue weighted by Gasteiger charge is -2.29. The molecule has 4 N–H and O–H groups in total. The number of phosphoric ester groups is 1. The van der Waals surface area contributed by atoms with Crippen molar-refractivity contribution >= 4 is 49.0 Å². The highest BCUT2D eigenvalue weighted by Crippen LogP contribution is 2.65. The Bertz CT molecular complexity index is 2810. The lowest BCUT2D eigenvalue weighted by molar-refractivity contribution is -0.0616. The molecule has 0 spiro atoms. The minimum atomic E-state index is -5.25. The molecule has 0 radical (unpaired) electrons. The predicted molar refractivity (Wildman–Crippen MR) is 254 cm³/mol. The number of hydrogen-bond donors (Lipinski definition) is 3. The molecule has 6 heterocycles. The molecule has 10 atom stereocenters. The number of nitrogens with zero attached hydrogens (tertiary/aromatic N) is 5. The normalized spacial score (nSPS) is 27.9. The topological polar surface area (TPSA) is 270 Å². The third-order valence-electron chi connectivity index (χ3n) is 12.0. The molecule has 384 valence electrons. The zero-order valence-electron chi connectivity index (χ0n) is 38.6. The number of unbranched alkanes of at least 4 members (excludes halogenated alkanes) is 9. The number of phosphoric acid groups is 1. The number of alkyl halides is 2. The molecule has 0 bridgehead atoms. The first-order valence-electron chi connectivity index (χ1n) is 23.3. The summed E-state index contributed by atoms with van der Waals surface area (Å²) in [6, 6.07) is 13.8. The molecule has 3 aliphatic heterocycles. The van der Waals surface area contributed by atoms with Crippen molar-refractivity contribution in [2.75, 3.05) is 25.6 Å². The van der Waals surface area contributed by atoms with E-state index in [1.54, 1.807) is 36.4 Å². The number of ether oxygens (including phenoxy) is 4. The minimum Gasteiger partial charge on any atom is -0.494 e. The van der Waals surface area contributed by atoms with Crippen LogP contribution in [0.15, 0.2) is 83.0 Å². The summed E-state index contributed by atoms with van der Waals surface area (Å²) in [5.41, 5.74) is 5.09. The van der Waals surface area contributed by atoms with Gasteiger partial charge >= 0.3 is 26.3 Å². The smallest absolute Gasteiger partial charge is 0.472 e. The third kappa shape index (κ3) is 13.2. The second-order valence-electron chi connectivity index (χ2n) is 17.1. The highest BCUT2D eigenvalue weighted by molar-refractivity contribution is 8.54. The first-order valence-corrected chi connectivity index (χ1v) is 27.9. The fourth-order valence-corrected chi connectivity index (χ4v) is 12.6. The average molecular weight is 1050 g/mol. The van der Waals surface area contributed by atoms with E-state index in [9.17, 15) is 28.4 Å². The first kappa shape index (κ1) is 52.5. The number of aromatic amines is 1. The van der Waals surface area contributed by atoms with Gasteiger partial charge in [0.2, 0.25) is 0 Å². The quantitative estimate of drug-likeness (QED) is 0.0307. The molecule has 2 unspecified atom stereocenters. The van der Waals surface area contributed by atoms with Crippen LogP contribution in [0.3, 0.4) is 0 Å².